The maximum Gasteiger partial charge on any atom is 0.220 e. The van der Waals surface area contributed by atoms with E-state index in [1.165, 1.54) is 7.11 Å². The molecule has 0 N–H and O–H groups in total. The maximum atomic E-state index is 11.4. The summed E-state index contributed by atoms with van der Waals surface area (Å²) < 4.78 is 16.2. The first-order valence-electron chi connectivity index (χ1n) is 3.95. The number of aryl methyl sites for hydroxylation is 1. The molecule has 1 rings (SSSR count). The Hall–Kier alpha value is -0.590. The highest BCUT2D eigenvalue weighted by molar-refractivity contribution is 7.48. The van der Waals surface area contributed by atoms with Crippen LogP contribution in [-0.2, 0) is 15.5 Å². The lowest BCUT2D eigenvalue weighted by molar-refractivity contribution is 0.423. The van der Waals surface area contributed by atoms with E-state index in [1.54, 1.807) is 0 Å². The van der Waals surface area contributed by atoms with E-state index < -0.39 is 8.03 Å². The average Bonchev–Trinajstić information content (AvgIpc) is 2.16. The molecule has 0 amide bonds. The van der Waals surface area contributed by atoms with Crippen molar-refractivity contribution in [3.05, 3.63) is 29.8 Å². The molecule has 0 saturated carbocycles. The van der Waals surface area contributed by atoms with Crippen LogP contribution in [0.4, 0.5) is 0 Å². The smallest absolute Gasteiger partial charge is 0.220 e. The van der Waals surface area contributed by atoms with Gasteiger partial charge in [-0.1, -0.05) is 25.1 Å². The van der Waals surface area contributed by atoms with Gasteiger partial charge in [0.05, 0.1) is 0 Å². The first-order valence-corrected chi connectivity index (χ1v) is 5.27. The van der Waals surface area contributed by atoms with Gasteiger partial charge < -0.3 is 4.52 Å². The zero-order chi connectivity index (χ0) is 8.97. The zero-order valence-electron chi connectivity index (χ0n) is 7.33. The van der Waals surface area contributed by atoms with Crippen molar-refractivity contribution in [1.29, 1.82) is 0 Å². The number of hydrogen-bond acceptors (Lipinski definition) is 2. The Morgan fingerprint density at radius 2 is 2.08 bits per heavy atom. The van der Waals surface area contributed by atoms with Crippen LogP contribution < -0.4 is 5.30 Å². The topological polar surface area (TPSA) is 26.3 Å². The fourth-order valence-electron chi connectivity index (χ4n) is 1.14. The Bertz CT molecular complexity index is 284. The molecular formula is C9H13O2P. The molecule has 0 spiro atoms. The minimum Gasteiger partial charge on any atom is -0.331 e. The van der Waals surface area contributed by atoms with E-state index in [2.05, 4.69) is 0 Å². The van der Waals surface area contributed by atoms with Crippen molar-refractivity contribution in [2.24, 2.45) is 0 Å². The summed E-state index contributed by atoms with van der Waals surface area (Å²) in [6.45, 7) is 2.05. The van der Waals surface area contributed by atoms with Gasteiger partial charge in [0.1, 0.15) is 0 Å². The summed E-state index contributed by atoms with van der Waals surface area (Å²) in [6, 6.07) is 7.68. The summed E-state index contributed by atoms with van der Waals surface area (Å²) in [4.78, 5) is 0. The van der Waals surface area contributed by atoms with Crippen molar-refractivity contribution < 1.29 is 9.09 Å². The van der Waals surface area contributed by atoms with Crippen LogP contribution in [0.1, 0.15) is 12.5 Å². The lowest BCUT2D eigenvalue weighted by Gasteiger charge is -2.04. The first kappa shape index (κ1) is 9.50. The summed E-state index contributed by atoms with van der Waals surface area (Å²) >= 11 is 0. The molecule has 1 unspecified atom stereocenters. The SMILES string of the molecule is CCc1ccccc1[PH](=O)OC. The van der Waals surface area contributed by atoms with Gasteiger partial charge in [-0.2, -0.15) is 0 Å². The van der Waals surface area contributed by atoms with E-state index in [0.29, 0.717) is 0 Å². The average molecular weight is 184 g/mol. The predicted octanol–water partition coefficient (Wildman–Crippen LogP) is 2.00. The van der Waals surface area contributed by atoms with E-state index in [0.717, 1.165) is 17.3 Å². The zero-order valence-corrected chi connectivity index (χ0v) is 8.33. The molecule has 0 fully saturated rings. The van der Waals surface area contributed by atoms with Gasteiger partial charge in [0, 0.05) is 12.4 Å². The van der Waals surface area contributed by atoms with Crippen molar-refractivity contribution in [2.45, 2.75) is 13.3 Å². The lowest BCUT2D eigenvalue weighted by atomic mass is 10.2. The molecule has 3 heteroatoms. The standard InChI is InChI=1S/C9H13O2P/c1-3-8-6-4-5-7-9(8)12(10)11-2/h4-7,12H,3H2,1-2H3. The van der Waals surface area contributed by atoms with Gasteiger partial charge in [-0.05, 0) is 18.1 Å². The number of hydrogen-bond donors (Lipinski definition) is 0. The molecule has 66 valence electrons. The van der Waals surface area contributed by atoms with Gasteiger partial charge in [-0.25, -0.2) is 0 Å². The van der Waals surface area contributed by atoms with Crippen LogP contribution in [0.5, 0.6) is 0 Å². The molecule has 2 nitrogen and oxygen atoms in total. The molecule has 1 atom stereocenters. The van der Waals surface area contributed by atoms with Crippen molar-refractivity contribution in [1.82, 2.24) is 0 Å². The van der Waals surface area contributed by atoms with E-state index in [9.17, 15) is 4.57 Å². The first-order chi connectivity index (χ1) is 5.79. The summed E-state index contributed by atoms with van der Waals surface area (Å²) in [6.07, 6.45) is 0.899. The Morgan fingerprint density at radius 3 is 2.67 bits per heavy atom. The largest absolute Gasteiger partial charge is 0.331 e. The molecule has 0 bridgehead atoms. The molecule has 0 saturated heterocycles. The highest BCUT2D eigenvalue weighted by atomic mass is 31.1. The summed E-state index contributed by atoms with van der Waals surface area (Å²) in [5, 5.41) is 0.854. The van der Waals surface area contributed by atoms with Gasteiger partial charge in [0.2, 0.25) is 8.03 Å². The van der Waals surface area contributed by atoms with Crippen LogP contribution >= 0.6 is 8.03 Å². The second-order valence-electron chi connectivity index (χ2n) is 2.50. The summed E-state index contributed by atoms with van der Waals surface area (Å²) in [5.74, 6) is 0. The van der Waals surface area contributed by atoms with E-state index in [-0.39, 0.29) is 0 Å². The van der Waals surface area contributed by atoms with Crippen LogP contribution in [0.2, 0.25) is 0 Å². The Labute approximate surface area is 73.4 Å². The maximum absolute atomic E-state index is 11.4. The highest BCUT2D eigenvalue weighted by Crippen LogP contribution is 2.21. The number of benzene rings is 1. The van der Waals surface area contributed by atoms with Crippen molar-refractivity contribution in [3.63, 3.8) is 0 Å². The third-order valence-electron chi connectivity index (χ3n) is 1.80. The second kappa shape index (κ2) is 4.44. The van der Waals surface area contributed by atoms with E-state index >= 15 is 0 Å². The molecule has 0 aromatic heterocycles. The predicted molar refractivity (Wildman–Crippen MR) is 51.5 cm³/mol. The fraction of sp³-hybridized carbons (Fsp3) is 0.333. The summed E-state index contributed by atoms with van der Waals surface area (Å²) in [5.41, 5.74) is 1.11. The molecule has 1 aromatic rings. The van der Waals surface area contributed by atoms with Crippen LogP contribution in [0.3, 0.4) is 0 Å². The minimum absolute atomic E-state index is 0.854. The Balaban J connectivity index is 3.04. The van der Waals surface area contributed by atoms with Gasteiger partial charge in [-0.15, -0.1) is 0 Å². The molecule has 0 aliphatic rings. The summed E-state index contributed by atoms with van der Waals surface area (Å²) in [7, 11) is -0.518. The van der Waals surface area contributed by atoms with Crippen molar-refractivity contribution in [3.8, 4) is 0 Å². The van der Waals surface area contributed by atoms with Gasteiger partial charge in [0.15, 0.2) is 0 Å². The minimum atomic E-state index is -2.00. The molecular weight excluding hydrogens is 171 g/mol. The lowest BCUT2D eigenvalue weighted by Crippen LogP contribution is -2.04. The molecule has 0 radical (unpaired) electrons. The number of rotatable bonds is 3. The Kier molecular flexibility index (Phi) is 3.51. The van der Waals surface area contributed by atoms with Crippen LogP contribution in [-0.4, -0.2) is 7.11 Å². The molecule has 1 aromatic carbocycles. The van der Waals surface area contributed by atoms with Crippen LogP contribution in [0, 0.1) is 0 Å². The normalized spacial score (nSPS) is 12.8. The van der Waals surface area contributed by atoms with Gasteiger partial charge in [0.25, 0.3) is 0 Å². The van der Waals surface area contributed by atoms with Crippen LogP contribution in [0.25, 0.3) is 0 Å². The third kappa shape index (κ3) is 1.96. The third-order valence-corrected chi connectivity index (χ3v) is 3.10. The van der Waals surface area contributed by atoms with Gasteiger partial charge in [-0.3, -0.25) is 4.57 Å². The van der Waals surface area contributed by atoms with Crippen molar-refractivity contribution >= 4 is 13.3 Å². The molecule has 12 heavy (non-hydrogen) atoms. The molecule has 0 aliphatic heterocycles. The van der Waals surface area contributed by atoms with E-state index in [1.807, 2.05) is 31.2 Å². The monoisotopic (exact) mass is 184 g/mol. The second-order valence-corrected chi connectivity index (χ2v) is 4.02. The highest BCUT2D eigenvalue weighted by Gasteiger charge is 2.05. The quantitative estimate of drug-likeness (QED) is 0.671. The Morgan fingerprint density at radius 1 is 1.42 bits per heavy atom. The van der Waals surface area contributed by atoms with E-state index in [4.69, 9.17) is 4.52 Å². The van der Waals surface area contributed by atoms with Gasteiger partial charge >= 0.3 is 0 Å². The fourth-order valence-corrected chi connectivity index (χ4v) is 2.11. The molecule has 0 aliphatic carbocycles. The molecule has 0 heterocycles. The van der Waals surface area contributed by atoms with Crippen LogP contribution in [0.15, 0.2) is 24.3 Å². The van der Waals surface area contributed by atoms with Crippen molar-refractivity contribution in [2.75, 3.05) is 7.11 Å².